The summed E-state index contributed by atoms with van der Waals surface area (Å²) in [5, 5.41) is 14.4. The van der Waals surface area contributed by atoms with Gasteiger partial charge in [0.15, 0.2) is 0 Å². The van der Waals surface area contributed by atoms with Crippen molar-refractivity contribution in [2.45, 2.75) is 0 Å². The van der Waals surface area contributed by atoms with Gasteiger partial charge >= 0.3 is 5.69 Å². The molecule has 0 atom stereocenters. The summed E-state index contributed by atoms with van der Waals surface area (Å²) in [5.74, 6) is -0.279. The molecule has 0 radical (unpaired) electrons. The Hall–Kier alpha value is -3.87. The molecule has 0 saturated carbocycles. The maximum Gasteiger partial charge on any atom is 0.312 e. The van der Waals surface area contributed by atoms with Crippen LogP contribution < -0.4 is 15.8 Å². The molecule has 0 aliphatic rings. The Morgan fingerprint density at radius 1 is 0.962 bits per heavy atom. The molecule has 0 bridgehead atoms. The Kier molecular flexibility index (Phi) is 4.80. The van der Waals surface area contributed by atoms with E-state index < -0.39 is 10.8 Å². The summed E-state index contributed by atoms with van der Waals surface area (Å²) in [4.78, 5) is 21.8. The molecule has 3 N–H and O–H groups in total. The van der Waals surface area contributed by atoms with Crippen LogP contribution in [0.4, 0.5) is 17.1 Å². The Labute approximate surface area is 149 Å². The Balaban J connectivity index is 1.79. The quantitative estimate of drug-likeness (QED) is 0.511. The highest BCUT2D eigenvalue weighted by Crippen LogP contribution is 2.32. The molecule has 0 saturated heterocycles. The monoisotopic (exact) mass is 349 g/mol. The number of hydrogen-bond donors (Lipinski definition) is 2. The van der Waals surface area contributed by atoms with Gasteiger partial charge in [0.25, 0.3) is 0 Å². The van der Waals surface area contributed by atoms with Crippen molar-refractivity contribution in [2.75, 3.05) is 5.32 Å². The maximum atomic E-state index is 11.2. The lowest BCUT2D eigenvalue weighted by Gasteiger charge is -2.09. The van der Waals surface area contributed by atoms with Gasteiger partial charge in [0.05, 0.1) is 4.92 Å². The molecular formula is C19H15N3O4. The molecule has 0 aliphatic carbocycles. The van der Waals surface area contributed by atoms with Crippen LogP contribution >= 0.6 is 0 Å². The fourth-order valence-electron chi connectivity index (χ4n) is 2.32. The second-order valence-corrected chi connectivity index (χ2v) is 5.42. The van der Waals surface area contributed by atoms with E-state index in [9.17, 15) is 14.9 Å². The number of para-hydroxylation sites is 1. The number of nitro benzene ring substituents is 1. The molecule has 3 aromatic rings. The predicted octanol–water partition coefficient (Wildman–Crippen LogP) is 4.23. The van der Waals surface area contributed by atoms with E-state index in [2.05, 4.69) is 5.32 Å². The van der Waals surface area contributed by atoms with E-state index in [0.717, 1.165) is 17.4 Å². The van der Waals surface area contributed by atoms with Gasteiger partial charge in [-0.25, -0.2) is 0 Å². The average Bonchev–Trinajstić information content (AvgIpc) is 2.64. The second kappa shape index (κ2) is 7.35. The van der Waals surface area contributed by atoms with Crippen LogP contribution in [0.1, 0.15) is 10.4 Å². The fraction of sp³-hybridized carbons (Fsp3) is 0. The number of amides is 1. The van der Waals surface area contributed by atoms with Crippen molar-refractivity contribution in [3.05, 3.63) is 88.5 Å². The molecule has 7 heteroatoms. The van der Waals surface area contributed by atoms with E-state index in [0.29, 0.717) is 5.75 Å². The molecule has 0 aliphatic heterocycles. The number of benzene rings is 3. The Morgan fingerprint density at radius 2 is 1.62 bits per heavy atom. The van der Waals surface area contributed by atoms with Crippen LogP contribution in [0.15, 0.2) is 72.8 Å². The number of nitro groups is 1. The van der Waals surface area contributed by atoms with Crippen LogP contribution in [0.3, 0.4) is 0 Å². The minimum absolute atomic E-state index is 0.0313. The summed E-state index contributed by atoms with van der Waals surface area (Å²) in [6.07, 6.45) is 0. The number of anilines is 2. The van der Waals surface area contributed by atoms with Gasteiger partial charge < -0.3 is 15.8 Å². The van der Waals surface area contributed by atoms with Gasteiger partial charge in [-0.15, -0.1) is 0 Å². The third kappa shape index (κ3) is 3.96. The summed E-state index contributed by atoms with van der Waals surface area (Å²) in [5.41, 5.74) is 6.67. The largest absolute Gasteiger partial charge is 0.450 e. The topological polar surface area (TPSA) is 107 Å². The number of nitrogens with zero attached hydrogens (tertiary/aromatic N) is 1. The lowest BCUT2D eigenvalue weighted by molar-refractivity contribution is -0.385. The van der Waals surface area contributed by atoms with Gasteiger partial charge in [0.2, 0.25) is 11.7 Å². The third-order valence-corrected chi connectivity index (χ3v) is 3.58. The molecule has 3 rings (SSSR count). The van der Waals surface area contributed by atoms with Crippen LogP contribution in [-0.2, 0) is 0 Å². The third-order valence-electron chi connectivity index (χ3n) is 3.58. The van der Waals surface area contributed by atoms with Crippen LogP contribution in [-0.4, -0.2) is 10.8 Å². The maximum absolute atomic E-state index is 11.2. The van der Waals surface area contributed by atoms with Crippen molar-refractivity contribution in [1.82, 2.24) is 0 Å². The van der Waals surface area contributed by atoms with Crippen LogP contribution in [0.2, 0.25) is 0 Å². The first-order valence-electron chi connectivity index (χ1n) is 7.71. The summed E-state index contributed by atoms with van der Waals surface area (Å²) >= 11 is 0. The SMILES string of the molecule is NC(=O)c1ccc(Oc2ccc(Nc3ccccc3)cc2)c([N+](=O)[O-])c1. The first kappa shape index (κ1) is 17.0. The van der Waals surface area contributed by atoms with Gasteiger partial charge in [-0.3, -0.25) is 14.9 Å². The number of nitrogens with two attached hydrogens (primary N) is 1. The van der Waals surface area contributed by atoms with Crippen LogP contribution in [0.25, 0.3) is 0 Å². The molecule has 130 valence electrons. The fourth-order valence-corrected chi connectivity index (χ4v) is 2.32. The molecule has 0 aromatic heterocycles. The zero-order valence-corrected chi connectivity index (χ0v) is 13.6. The van der Waals surface area contributed by atoms with Gasteiger partial charge in [-0.05, 0) is 48.5 Å². The van der Waals surface area contributed by atoms with Crippen molar-refractivity contribution >= 4 is 23.0 Å². The summed E-state index contributed by atoms with van der Waals surface area (Å²) in [7, 11) is 0. The van der Waals surface area contributed by atoms with Crippen molar-refractivity contribution in [3.8, 4) is 11.5 Å². The first-order chi connectivity index (χ1) is 12.5. The highest BCUT2D eigenvalue weighted by molar-refractivity contribution is 5.93. The highest BCUT2D eigenvalue weighted by atomic mass is 16.6. The lowest BCUT2D eigenvalue weighted by Crippen LogP contribution is -2.11. The number of rotatable bonds is 6. The minimum atomic E-state index is -0.740. The number of hydrogen-bond acceptors (Lipinski definition) is 5. The normalized spacial score (nSPS) is 10.2. The van der Waals surface area contributed by atoms with Crippen molar-refractivity contribution in [1.29, 1.82) is 0 Å². The summed E-state index contributed by atoms with van der Waals surface area (Å²) in [6, 6.07) is 20.5. The van der Waals surface area contributed by atoms with Gasteiger partial charge in [0, 0.05) is 23.0 Å². The highest BCUT2D eigenvalue weighted by Gasteiger charge is 2.18. The molecule has 0 spiro atoms. The zero-order chi connectivity index (χ0) is 18.5. The van der Waals surface area contributed by atoms with E-state index in [-0.39, 0.29) is 17.0 Å². The summed E-state index contributed by atoms with van der Waals surface area (Å²) < 4.78 is 5.59. The second-order valence-electron chi connectivity index (χ2n) is 5.42. The first-order valence-corrected chi connectivity index (χ1v) is 7.71. The van der Waals surface area contributed by atoms with Gasteiger partial charge in [0.1, 0.15) is 5.75 Å². The van der Waals surface area contributed by atoms with E-state index in [1.807, 2.05) is 30.3 Å². The van der Waals surface area contributed by atoms with E-state index in [1.54, 1.807) is 24.3 Å². The van der Waals surface area contributed by atoms with Crippen molar-refractivity contribution < 1.29 is 14.5 Å². The molecule has 7 nitrogen and oxygen atoms in total. The number of carbonyl (C=O) groups is 1. The van der Waals surface area contributed by atoms with Crippen molar-refractivity contribution in [3.63, 3.8) is 0 Å². The molecular weight excluding hydrogens is 334 g/mol. The summed E-state index contributed by atoms with van der Waals surface area (Å²) in [6.45, 7) is 0. The number of nitrogens with one attached hydrogen (secondary N) is 1. The van der Waals surface area contributed by atoms with E-state index in [1.165, 1.54) is 12.1 Å². The van der Waals surface area contributed by atoms with E-state index >= 15 is 0 Å². The van der Waals surface area contributed by atoms with Gasteiger partial charge in [-0.1, -0.05) is 18.2 Å². The smallest absolute Gasteiger partial charge is 0.312 e. The van der Waals surface area contributed by atoms with Crippen molar-refractivity contribution in [2.24, 2.45) is 5.73 Å². The number of ether oxygens (including phenoxy) is 1. The zero-order valence-electron chi connectivity index (χ0n) is 13.6. The molecule has 0 heterocycles. The predicted molar refractivity (Wildman–Crippen MR) is 97.9 cm³/mol. The molecule has 3 aromatic carbocycles. The van der Waals surface area contributed by atoms with E-state index in [4.69, 9.17) is 10.5 Å². The molecule has 26 heavy (non-hydrogen) atoms. The minimum Gasteiger partial charge on any atom is -0.450 e. The number of primary amides is 1. The Morgan fingerprint density at radius 3 is 2.23 bits per heavy atom. The van der Waals surface area contributed by atoms with Crippen LogP contribution in [0, 0.1) is 10.1 Å². The molecule has 0 fully saturated rings. The van der Waals surface area contributed by atoms with Crippen LogP contribution in [0.5, 0.6) is 11.5 Å². The molecule has 1 amide bonds. The number of carbonyl (C=O) groups excluding carboxylic acids is 1. The molecule has 0 unspecified atom stereocenters. The lowest BCUT2D eigenvalue weighted by atomic mass is 10.2. The standard InChI is InChI=1S/C19H15N3O4/c20-19(23)13-6-11-18(17(12-13)22(24)25)26-16-9-7-15(8-10-16)21-14-4-2-1-3-5-14/h1-12,21H,(H2,20,23). The van der Waals surface area contributed by atoms with Gasteiger partial charge in [-0.2, -0.15) is 0 Å². The Bertz CT molecular complexity index is 941. The average molecular weight is 349 g/mol.